The second-order valence-corrected chi connectivity index (χ2v) is 6.29. The van der Waals surface area contributed by atoms with Crippen molar-refractivity contribution in [2.45, 2.75) is 6.92 Å². The van der Waals surface area contributed by atoms with E-state index in [1.54, 1.807) is 11.3 Å². The summed E-state index contributed by atoms with van der Waals surface area (Å²) < 4.78 is 1.50. The van der Waals surface area contributed by atoms with Gasteiger partial charge in [-0.05, 0) is 18.6 Å². The summed E-state index contributed by atoms with van der Waals surface area (Å²) in [6.07, 6.45) is 1.45. The van der Waals surface area contributed by atoms with Gasteiger partial charge >= 0.3 is 0 Å². The van der Waals surface area contributed by atoms with Crippen molar-refractivity contribution in [3.8, 4) is 22.3 Å². The molecule has 2 N–H and O–H groups in total. The van der Waals surface area contributed by atoms with E-state index in [0.717, 1.165) is 20.7 Å². The maximum absolute atomic E-state index is 9.09. The number of fused-ring (bicyclic) bond motifs is 1. The second kappa shape index (κ2) is 5.44. The second-order valence-electron chi connectivity index (χ2n) is 5.26. The number of rotatable bonds is 2. The summed E-state index contributed by atoms with van der Waals surface area (Å²) in [4.78, 5) is 11.0. The molecule has 0 bridgehead atoms. The largest absolute Gasteiger partial charge is 0.382 e. The van der Waals surface area contributed by atoms with Crippen LogP contribution in [0.5, 0.6) is 0 Å². The Bertz CT molecular complexity index is 1090. The molecule has 4 aromatic rings. The van der Waals surface area contributed by atoms with Crippen LogP contribution in [0.2, 0.25) is 0 Å². The monoisotopic (exact) mass is 332 g/mol. The zero-order valence-electron chi connectivity index (χ0n) is 12.8. The van der Waals surface area contributed by atoms with E-state index < -0.39 is 0 Å². The Kier molecular flexibility index (Phi) is 3.25. The lowest BCUT2D eigenvalue weighted by atomic mass is 10.2. The van der Waals surface area contributed by atoms with Crippen LogP contribution in [0.4, 0.5) is 5.82 Å². The first kappa shape index (κ1) is 14.4. The van der Waals surface area contributed by atoms with Crippen molar-refractivity contribution < 1.29 is 0 Å². The molecule has 4 rings (SSSR count). The third kappa shape index (κ3) is 2.21. The Morgan fingerprint density at radius 1 is 1.21 bits per heavy atom. The predicted molar refractivity (Wildman–Crippen MR) is 93.8 cm³/mol. The van der Waals surface area contributed by atoms with Gasteiger partial charge in [-0.3, -0.25) is 0 Å². The molecule has 24 heavy (non-hydrogen) atoms. The lowest BCUT2D eigenvalue weighted by Crippen LogP contribution is -2.06. The van der Waals surface area contributed by atoms with Gasteiger partial charge in [-0.15, -0.1) is 11.3 Å². The fourth-order valence-electron chi connectivity index (χ4n) is 2.53. The predicted octanol–water partition coefficient (Wildman–Crippen LogP) is 3.31. The van der Waals surface area contributed by atoms with Gasteiger partial charge < -0.3 is 5.73 Å². The highest BCUT2D eigenvalue weighted by Crippen LogP contribution is 2.35. The van der Waals surface area contributed by atoms with E-state index in [4.69, 9.17) is 11.0 Å². The van der Waals surface area contributed by atoms with Crippen LogP contribution >= 0.6 is 11.3 Å². The minimum absolute atomic E-state index is 0.282. The Morgan fingerprint density at radius 3 is 2.71 bits per heavy atom. The van der Waals surface area contributed by atoms with Crippen molar-refractivity contribution in [2.24, 2.45) is 0 Å². The highest BCUT2D eigenvalue weighted by molar-refractivity contribution is 7.21. The highest BCUT2D eigenvalue weighted by Gasteiger charge is 2.17. The Hall–Kier alpha value is -3.24. The number of nitrogen functional groups attached to an aromatic ring is 1. The number of benzene rings is 1. The summed E-state index contributed by atoms with van der Waals surface area (Å²) in [6.45, 7) is 1.83. The number of nitrogens with zero attached hydrogens (tertiary/aromatic N) is 5. The molecule has 3 aromatic heterocycles. The molecule has 0 saturated carbocycles. The maximum Gasteiger partial charge on any atom is 0.168 e. The van der Waals surface area contributed by atoms with E-state index in [1.165, 1.54) is 10.9 Å². The number of nitriles is 1. The van der Waals surface area contributed by atoms with E-state index in [9.17, 15) is 0 Å². The normalized spacial score (nSPS) is 10.8. The van der Waals surface area contributed by atoms with Crippen molar-refractivity contribution in [1.82, 2.24) is 19.7 Å². The number of thiophene rings is 1. The average Bonchev–Trinajstić information content (AvgIpc) is 3.18. The number of aryl methyl sites for hydroxylation is 1. The minimum Gasteiger partial charge on any atom is -0.382 e. The Balaban J connectivity index is 1.97. The standard InChI is InChI=1S/C17H12N6S/c1-10-21-16(23-15(19)12(8-18)9-20-23)13-7-14(24-17(13)22-10)11-5-3-2-4-6-11/h2-7,9H,19H2,1H3. The lowest BCUT2D eigenvalue weighted by molar-refractivity contribution is 0.852. The number of anilines is 1. The van der Waals surface area contributed by atoms with E-state index in [-0.39, 0.29) is 5.82 Å². The molecular formula is C17H12N6S. The summed E-state index contributed by atoms with van der Waals surface area (Å²) in [5.74, 6) is 1.51. The first-order valence-electron chi connectivity index (χ1n) is 7.25. The van der Waals surface area contributed by atoms with Crippen molar-refractivity contribution in [3.05, 3.63) is 54.0 Å². The molecule has 3 heterocycles. The van der Waals surface area contributed by atoms with Gasteiger partial charge in [-0.2, -0.15) is 15.0 Å². The van der Waals surface area contributed by atoms with Crippen LogP contribution in [0.25, 0.3) is 26.5 Å². The van der Waals surface area contributed by atoms with Crippen molar-refractivity contribution in [3.63, 3.8) is 0 Å². The van der Waals surface area contributed by atoms with Crippen LogP contribution in [0.3, 0.4) is 0 Å². The molecule has 0 atom stereocenters. The molecule has 0 aliphatic rings. The summed E-state index contributed by atoms with van der Waals surface area (Å²) >= 11 is 1.59. The molecule has 0 aliphatic heterocycles. The first-order chi connectivity index (χ1) is 11.7. The first-order valence-corrected chi connectivity index (χ1v) is 8.06. The van der Waals surface area contributed by atoms with Gasteiger partial charge in [-0.1, -0.05) is 30.3 Å². The third-order valence-electron chi connectivity index (χ3n) is 3.67. The fourth-order valence-corrected chi connectivity index (χ4v) is 3.61. The van der Waals surface area contributed by atoms with E-state index >= 15 is 0 Å². The quantitative estimate of drug-likeness (QED) is 0.608. The van der Waals surface area contributed by atoms with E-state index in [0.29, 0.717) is 17.2 Å². The molecule has 0 unspecified atom stereocenters. The van der Waals surface area contributed by atoms with Gasteiger partial charge in [0.1, 0.15) is 28.1 Å². The van der Waals surface area contributed by atoms with Gasteiger partial charge in [0.15, 0.2) is 5.82 Å². The smallest absolute Gasteiger partial charge is 0.168 e. The Labute approximate surface area is 141 Å². The van der Waals surface area contributed by atoms with Gasteiger partial charge in [-0.25, -0.2) is 9.97 Å². The number of aromatic nitrogens is 4. The molecule has 0 aliphatic carbocycles. The van der Waals surface area contributed by atoms with Crippen molar-refractivity contribution in [1.29, 1.82) is 5.26 Å². The summed E-state index contributed by atoms with van der Waals surface area (Å²) in [5.41, 5.74) is 7.48. The third-order valence-corrected chi connectivity index (χ3v) is 4.75. The van der Waals surface area contributed by atoms with Crippen LogP contribution in [0, 0.1) is 18.3 Å². The zero-order valence-corrected chi connectivity index (χ0v) is 13.6. The van der Waals surface area contributed by atoms with Crippen molar-refractivity contribution in [2.75, 3.05) is 5.73 Å². The molecule has 7 heteroatoms. The fraction of sp³-hybridized carbons (Fsp3) is 0.0588. The number of hydrogen-bond acceptors (Lipinski definition) is 6. The Morgan fingerprint density at radius 2 is 2.00 bits per heavy atom. The van der Waals surface area contributed by atoms with Gasteiger partial charge in [0.05, 0.1) is 11.6 Å². The highest BCUT2D eigenvalue weighted by atomic mass is 32.1. The summed E-state index contributed by atoms with van der Waals surface area (Å²) in [5, 5.41) is 14.2. The van der Waals surface area contributed by atoms with Crippen LogP contribution in [-0.2, 0) is 0 Å². The van der Waals surface area contributed by atoms with Gasteiger partial charge in [0.25, 0.3) is 0 Å². The molecule has 0 spiro atoms. The molecule has 6 nitrogen and oxygen atoms in total. The number of nitrogens with two attached hydrogens (primary N) is 1. The molecule has 0 fully saturated rings. The van der Waals surface area contributed by atoms with Crippen LogP contribution in [-0.4, -0.2) is 19.7 Å². The molecular weight excluding hydrogens is 320 g/mol. The van der Waals surface area contributed by atoms with Gasteiger partial charge in [0, 0.05) is 4.88 Å². The van der Waals surface area contributed by atoms with Crippen molar-refractivity contribution >= 4 is 27.4 Å². The molecule has 0 radical (unpaired) electrons. The van der Waals surface area contributed by atoms with Crippen LogP contribution in [0.1, 0.15) is 11.4 Å². The zero-order chi connectivity index (χ0) is 16.7. The van der Waals surface area contributed by atoms with Crippen LogP contribution < -0.4 is 5.73 Å². The minimum atomic E-state index is 0.282. The maximum atomic E-state index is 9.09. The summed E-state index contributed by atoms with van der Waals surface area (Å²) in [6, 6.07) is 14.2. The SMILES string of the molecule is Cc1nc(-n2ncc(C#N)c2N)c2cc(-c3ccccc3)sc2n1. The van der Waals surface area contributed by atoms with E-state index in [2.05, 4.69) is 27.2 Å². The number of hydrogen-bond donors (Lipinski definition) is 1. The topological polar surface area (TPSA) is 93.4 Å². The summed E-state index contributed by atoms with van der Waals surface area (Å²) in [7, 11) is 0. The average molecular weight is 332 g/mol. The molecule has 1 aromatic carbocycles. The molecule has 0 amide bonds. The molecule has 0 saturated heterocycles. The van der Waals surface area contributed by atoms with Gasteiger partial charge in [0.2, 0.25) is 0 Å². The molecule has 116 valence electrons. The lowest BCUT2D eigenvalue weighted by Gasteiger charge is -2.05. The van der Waals surface area contributed by atoms with Crippen LogP contribution in [0.15, 0.2) is 42.6 Å². The van der Waals surface area contributed by atoms with E-state index in [1.807, 2.05) is 37.3 Å².